The molecule has 1 aromatic carbocycles. The average Bonchev–Trinajstić information content (AvgIpc) is 2.77. The summed E-state index contributed by atoms with van der Waals surface area (Å²) in [5.41, 5.74) is 0.238. The summed E-state index contributed by atoms with van der Waals surface area (Å²) in [4.78, 5) is 17.7. The van der Waals surface area contributed by atoms with Crippen LogP contribution in [0.25, 0.3) is 0 Å². The topological polar surface area (TPSA) is 82.2 Å². The number of piperazine rings is 1. The van der Waals surface area contributed by atoms with Crippen molar-refractivity contribution in [2.75, 3.05) is 66.0 Å². The lowest BCUT2D eigenvalue weighted by Crippen LogP contribution is -2.46. The molecule has 30 heavy (non-hydrogen) atoms. The zero-order valence-corrected chi connectivity index (χ0v) is 19.5. The molecule has 1 fully saturated rings. The maximum Gasteiger partial charge on any atom is 0.255 e. The SMILES string of the molecule is CCN1CCN(CCCNC(=O)c2cc(S(=O)(=O)N(CC)CC)ccc2OC)CC1. The Morgan fingerprint density at radius 1 is 1.10 bits per heavy atom. The van der Waals surface area contributed by atoms with Gasteiger partial charge in [-0.2, -0.15) is 4.31 Å². The molecular formula is C21H36N4O4S. The largest absolute Gasteiger partial charge is 0.496 e. The highest BCUT2D eigenvalue weighted by molar-refractivity contribution is 7.89. The fourth-order valence-electron chi connectivity index (χ4n) is 3.67. The Labute approximate surface area is 181 Å². The van der Waals surface area contributed by atoms with E-state index in [1.165, 1.54) is 23.5 Å². The number of likely N-dealkylation sites (N-methyl/N-ethyl adjacent to an activating group) is 1. The maximum absolute atomic E-state index is 12.8. The van der Waals surface area contributed by atoms with Gasteiger partial charge in [0.2, 0.25) is 10.0 Å². The standard InChI is InChI=1S/C21H36N4O4S/c1-5-23-13-15-24(16-14-23)12-8-11-22-21(26)19-17-18(9-10-20(19)29-4)30(27,28)25(6-2)7-3/h9-10,17H,5-8,11-16H2,1-4H3,(H,22,26). The van der Waals surface area contributed by atoms with Gasteiger partial charge in [0.25, 0.3) is 5.91 Å². The Kier molecular flexibility index (Phi) is 9.54. The first-order valence-corrected chi connectivity index (χ1v) is 12.2. The lowest BCUT2D eigenvalue weighted by atomic mass is 10.2. The Balaban J connectivity index is 1.97. The van der Waals surface area contributed by atoms with E-state index in [1.54, 1.807) is 19.9 Å². The van der Waals surface area contributed by atoms with E-state index in [2.05, 4.69) is 22.0 Å². The summed E-state index contributed by atoms with van der Waals surface area (Å²) in [6, 6.07) is 4.43. The van der Waals surface area contributed by atoms with Crippen LogP contribution in [0.15, 0.2) is 23.1 Å². The number of benzene rings is 1. The molecule has 1 aliphatic rings. The normalized spacial score (nSPS) is 16.0. The van der Waals surface area contributed by atoms with E-state index >= 15 is 0 Å². The van der Waals surface area contributed by atoms with Gasteiger partial charge < -0.3 is 19.9 Å². The third-order valence-corrected chi connectivity index (χ3v) is 7.65. The third kappa shape index (κ3) is 6.16. The molecule has 1 aromatic rings. The Hall–Kier alpha value is -1.68. The van der Waals surface area contributed by atoms with E-state index in [1.807, 2.05) is 0 Å². The summed E-state index contributed by atoms with van der Waals surface area (Å²) in [6.45, 7) is 13.4. The summed E-state index contributed by atoms with van der Waals surface area (Å²) in [7, 11) is -2.17. The number of methoxy groups -OCH3 is 1. The van der Waals surface area contributed by atoms with Gasteiger partial charge in [-0.15, -0.1) is 0 Å². The van der Waals surface area contributed by atoms with Gasteiger partial charge in [0.05, 0.1) is 17.6 Å². The number of sulfonamides is 1. The van der Waals surface area contributed by atoms with Crippen molar-refractivity contribution in [3.05, 3.63) is 23.8 Å². The minimum Gasteiger partial charge on any atom is -0.496 e. The van der Waals surface area contributed by atoms with Crippen molar-refractivity contribution in [3.8, 4) is 5.75 Å². The molecule has 0 spiro atoms. The van der Waals surface area contributed by atoms with Crippen LogP contribution < -0.4 is 10.1 Å². The number of amides is 1. The molecule has 8 nitrogen and oxygen atoms in total. The molecule has 0 aromatic heterocycles. The predicted molar refractivity (Wildman–Crippen MR) is 119 cm³/mol. The van der Waals surface area contributed by atoms with Crippen LogP contribution in [0.4, 0.5) is 0 Å². The first-order chi connectivity index (χ1) is 14.4. The van der Waals surface area contributed by atoms with Crippen LogP contribution in [0.2, 0.25) is 0 Å². The van der Waals surface area contributed by atoms with E-state index in [0.717, 1.165) is 45.7 Å². The van der Waals surface area contributed by atoms with Crippen LogP contribution in [0.5, 0.6) is 5.75 Å². The molecule has 0 saturated carbocycles. The molecule has 9 heteroatoms. The second-order valence-corrected chi connectivity index (χ2v) is 9.27. The third-order valence-electron chi connectivity index (χ3n) is 5.61. The molecule has 1 heterocycles. The van der Waals surface area contributed by atoms with Gasteiger partial charge in [0.15, 0.2) is 0 Å². The van der Waals surface area contributed by atoms with Crippen LogP contribution in [0.1, 0.15) is 37.6 Å². The molecule has 170 valence electrons. The number of carbonyl (C=O) groups excluding carboxylic acids is 1. The molecule has 1 aliphatic heterocycles. The monoisotopic (exact) mass is 440 g/mol. The molecule has 2 rings (SSSR count). The van der Waals surface area contributed by atoms with Gasteiger partial charge in [-0.3, -0.25) is 4.79 Å². The summed E-state index contributed by atoms with van der Waals surface area (Å²) in [5.74, 6) is 0.0425. The molecule has 0 unspecified atom stereocenters. The summed E-state index contributed by atoms with van der Waals surface area (Å²) in [5, 5.41) is 2.90. The van der Waals surface area contributed by atoms with Crippen LogP contribution in [-0.4, -0.2) is 94.4 Å². The number of hydrogen-bond donors (Lipinski definition) is 1. The van der Waals surface area contributed by atoms with Gasteiger partial charge in [-0.1, -0.05) is 20.8 Å². The van der Waals surface area contributed by atoms with Crippen LogP contribution in [0, 0.1) is 0 Å². The van der Waals surface area contributed by atoms with E-state index in [0.29, 0.717) is 25.4 Å². The van der Waals surface area contributed by atoms with Gasteiger partial charge in [0.1, 0.15) is 5.75 Å². The van der Waals surface area contributed by atoms with E-state index in [4.69, 9.17) is 4.74 Å². The van der Waals surface area contributed by atoms with Crippen molar-refractivity contribution in [3.63, 3.8) is 0 Å². The quantitative estimate of drug-likeness (QED) is 0.525. The molecular weight excluding hydrogens is 404 g/mol. The maximum atomic E-state index is 12.8. The highest BCUT2D eigenvalue weighted by Gasteiger charge is 2.24. The highest BCUT2D eigenvalue weighted by atomic mass is 32.2. The molecule has 0 aliphatic carbocycles. The van der Waals surface area contributed by atoms with Gasteiger partial charge >= 0.3 is 0 Å². The van der Waals surface area contributed by atoms with Crippen molar-refractivity contribution in [1.29, 1.82) is 0 Å². The second kappa shape index (κ2) is 11.6. The van der Waals surface area contributed by atoms with E-state index in [-0.39, 0.29) is 16.4 Å². The fourth-order valence-corrected chi connectivity index (χ4v) is 5.15. The Bertz CT molecular complexity index is 788. The van der Waals surface area contributed by atoms with Crippen LogP contribution in [0.3, 0.4) is 0 Å². The smallest absolute Gasteiger partial charge is 0.255 e. The van der Waals surface area contributed by atoms with Crippen molar-refractivity contribution in [2.45, 2.75) is 32.1 Å². The number of nitrogens with one attached hydrogen (secondary N) is 1. The zero-order chi connectivity index (χ0) is 22.1. The van der Waals surface area contributed by atoms with E-state index < -0.39 is 10.0 Å². The minimum atomic E-state index is -3.64. The lowest BCUT2D eigenvalue weighted by molar-refractivity contribution is 0.0945. The first-order valence-electron chi connectivity index (χ1n) is 10.8. The van der Waals surface area contributed by atoms with Crippen molar-refractivity contribution < 1.29 is 17.9 Å². The number of nitrogens with zero attached hydrogens (tertiary/aromatic N) is 3. The van der Waals surface area contributed by atoms with Gasteiger partial charge in [-0.05, 0) is 37.7 Å². The molecule has 1 saturated heterocycles. The molecule has 0 bridgehead atoms. The number of rotatable bonds is 11. The highest BCUT2D eigenvalue weighted by Crippen LogP contribution is 2.24. The fraction of sp³-hybridized carbons (Fsp3) is 0.667. The molecule has 0 atom stereocenters. The number of hydrogen-bond acceptors (Lipinski definition) is 6. The lowest BCUT2D eigenvalue weighted by Gasteiger charge is -2.33. The number of carbonyl (C=O) groups is 1. The van der Waals surface area contributed by atoms with Crippen LogP contribution >= 0.6 is 0 Å². The first kappa shape index (κ1) is 24.6. The summed E-state index contributed by atoms with van der Waals surface area (Å²) >= 11 is 0. The number of ether oxygens (including phenoxy) is 1. The summed E-state index contributed by atoms with van der Waals surface area (Å²) < 4.78 is 32.2. The molecule has 0 radical (unpaired) electrons. The zero-order valence-electron chi connectivity index (χ0n) is 18.7. The average molecular weight is 441 g/mol. The predicted octanol–water partition coefficient (Wildman–Crippen LogP) is 1.48. The Morgan fingerprint density at radius 2 is 1.73 bits per heavy atom. The molecule has 1 amide bonds. The van der Waals surface area contributed by atoms with Crippen molar-refractivity contribution in [2.24, 2.45) is 0 Å². The summed E-state index contributed by atoms with van der Waals surface area (Å²) in [6.07, 6.45) is 0.845. The van der Waals surface area contributed by atoms with E-state index in [9.17, 15) is 13.2 Å². The molecule has 1 N–H and O–H groups in total. The Morgan fingerprint density at radius 3 is 2.30 bits per heavy atom. The van der Waals surface area contributed by atoms with Crippen LogP contribution in [-0.2, 0) is 10.0 Å². The van der Waals surface area contributed by atoms with Crippen molar-refractivity contribution >= 4 is 15.9 Å². The van der Waals surface area contributed by atoms with Gasteiger partial charge in [-0.25, -0.2) is 8.42 Å². The van der Waals surface area contributed by atoms with Crippen molar-refractivity contribution in [1.82, 2.24) is 19.4 Å². The van der Waals surface area contributed by atoms with Gasteiger partial charge in [0, 0.05) is 45.8 Å². The minimum absolute atomic E-state index is 0.103. The second-order valence-electron chi connectivity index (χ2n) is 7.34.